The highest BCUT2D eigenvalue weighted by Gasteiger charge is 2.71. The number of esters is 1. The minimum Gasteiger partial charge on any atom is -0.481 e. The maximum absolute atomic E-state index is 14.8. The number of carboxylic acid groups (broad SMARTS) is 1. The second kappa shape index (κ2) is 15.6. The van der Waals surface area contributed by atoms with Gasteiger partial charge >= 0.3 is 24.2 Å². The first-order valence-electron chi connectivity index (χ1n) is 24.0. The van der Waals surface area contributed by atoms with Crippen LogP contribution in [0.5, 0.6) is 0 Å². The average molecular weight is 928 g/mol. The van der Waals surface area contributed by atoms with Gasteiger partial charge in [-0.1, -0.05) is 62.3 Å². The van der Waals surface area contributed by atoms with Gasteiger partial charge in [-0.3, -0.25) is 24.0 Å². The number of halogens is 3. The number of nitrogens with one attached hydrogen (secondary N) is 3. The van der Waals surface area contributed by atoms with Crippen LogP contribution in [0.2, 0.25) is 0 Å². The van der Waals surface area contributed by atoms with Crippen molar-refractivity contribution in [2.75, 3.05) is 19.7 Å². The third kappa shape index (κ3) is 6.90. The standard InChI is InChI=1S/C49H68F3N5O9/c1-11-65-41(64)57-29(21-33(56-57)49(50,51)52)37(59)54-48(23-53-24-48)40(63)55-47-19-18-45(9)26(36(47)35(25(2)3)30(58)22-47)12-13-32-44(8)16-15-34(43(6,7)31(44)14-17-46(32,45)10)66-39(62)28-20-27(38(60)61)42(28,4)5/h21,25-28,31-32,34,53H,11-20,22-24H2,1-10H3,(H,54,59)(H,55,63)(H,60,61)/t26-,27+,28-,31+,32-,34+,44+,45-,46-,47-/m1/s1. The van der Waals surface area contributed by atoms with Gasteiger partial charge in [-0.05, 0) is 121 Å². The van der Waals surface area contributed by atoms with E-state index in [1.807, 2.05) is 27.7 Å². The fourth-order valence-corrected chi connectivity index (χ4v) is 15.2. The number of ether oxygens (including phenoxy) is 2. The summed E-state index contributed by atoms with van der Waals surface area (Å²) in [5, 5.41) is 22.0. The van der Waals surface area contributed by atoms with Crippen molar-refractivity contribution in [3.05, 3.63) is 28.6 Å². The predicted molar refractivity (Wildman–Crippen MR) is 233 cm³/mol. The number of carbonyl (C=O) groups excluding carboxylic acids is 5. The van der Waals surface area contributed by atoms with Crippen molar-refractivity contribution in [3.63, 3.8) is 0 Å². The lowest BCUT2D eigenvalue weighted by Gasteiger charge is -2.72. The number of Topliss-reactive ketones (excluding diaryl/α,β-unsaturated/α-hetero) is 1. The second-order valence-corrected chi connectivity index (χ2v) is 23.2. The first-order valence-corrected chi connectivity index (χ1v) is 24.0. The predicted octanol–water partition coefficient (Wildman–Crippen LogP) is 7.49. The zero-order chi connectivity index (χ0) is 48.5. The molecule has 1 aromatic rings. The molecule has 0 unspecified atom stereocenters. The Bertz CT molecular complexity index is 2280. The molecule has 6 fully saturated rings. The van der Waals surface area contributed by atoms with Crippen molar-refractivity contribution < 1.29 is 56.5 Å². The normalized spacial score (nSPS) is 37.2. The highest BCUT2D eigenvalue weighted by molar-refractivity contribution is 6.04. The van der Waals surface area contributed by atoms with Crippen LogP contribution in [0.3, 0.4) is 0 Å². The maximum atomic E-state index is 14.8. The number of aliphatic carboxylic acids is 1. The summed E-state index contributed by atoms with van der Waals surface area (Å²) in [6.45, 7) is 20.6. The molecule has 14 nitrogen and oxygen atoms in total. The molecule has 2 amide bonds. The average Bonchev–Trinajstić information content (AvgIpc) is 3.77. The van der Waals surface area contributed by atoms with Gasteiger partial charge in [0.05, 0.1) is 24.0 Å². The van der Waals surface area contributed by atoms with E-state index in [-0.39, 0.29) is 94.5 Å². The van der Waals surface area contributed by atoms with Gasteiger partial charge in [-0.25, -0.2) is 4.79 Å². The molecule has 7 aliphatic rings. The Kier molecular flexibility index (Phi) is 11.4. The molecule has 1 saturated heterocycles. The van der Waals surface area contributed by atoms with Crippen molar-refractivity contribution in [1.82, 2.24) is 25.7 Å². The molecule has 66 heavy (non-hydrogen) atoms. The Morgan fingerprint density at radius 3 is 2.15 bits per heavy atom. The third-order valence-electron chi connectivity index (χ3n) is 19.1. The van der Waals surface area contributed by atoms with Crippen LogP contribution in [-0.2, 0) is 34.8 Å². The van der Waals surface area contributed by atoms with E-state index in [2.05, 4.69) is 55.7 Å². The van der Waals surface area contributed by atoms with Gasteiger partial charge in [0.1, 0.15) is 17.3 Å². The number of allylic oxidation sites excluding steroid dienone is 1. The van der Waals surface area contributed by atoms with Crippen LogP contribution in [0.1, 0.15) is 150 Å². The molecule has 4 N–H and O–H groups in total. The minimum atomic E-state index is -4.97. The number of amides is 2. The monoisotopic (exact) mass is 927 g/mol. The van der Waals surface area contributed by atoms with E-state index in [0.717, 1.165) is 49.7 Å². The third-order valence-corrected chi connectivity index (χ3v) is 19.1. The molecule has 10 atom stereocenters. The summed E-state index contributed by atoms with van der Waals surface area (Å²) in [5.74, 6) is -3.49. The lowest BCUT2D eigenvalue weighted by Crippen LogP contribution is -2.77. The van der Waals surface area contributed by atoms with E-state index < -0.39 is 69.8 Å². The summed E-state index contributed by atoms with van der Waals surface area (Å²) in [7, 11) is 0. The van der Waals surface area contributed by atoms with Crippen LogP contribution in [0.4, 0.5) is 18.0 Å². The number of hydrogen-bond acceptors (Lipinski definition) is 10. The van der Waals surface area contributed by atoms with E-state index in [4.69, 9.17) is 9.47 Å². The topological polar surface area (TPSA) is 195 Å². The first-order chi connectivity index (χ1) is 30.5. The Hall–Kier alpha value is -4.28. The van der Waals surface area contributed by atoms with Crippen LogP contribution in [0.25, 0.3) is 0 Å². The molecule has 17 heteroatoms. The highest BCUT2D eigenvalue weighted by Crippen LogP contribution is 2.76. The van der Waals surface area contributed by atoms with E-state index in [1.165, 1.54) is 6.92 Å². The smallest absolute Gasteiger partial charge is 0.435 e. The lowest BCUT2D eigenvalue weighted by molar-refractivity contribution is -0.235. The van der Waals surface area contributed by atoms with Crippen molar-refractivity contribution >= 4 is 35.6 Å². The molecule has 0 bridgehead atoms. The number of carbonyl (C=O) groups is 6. The molecule has 1 aliphatic heterocycles. The number of aromatic nitrogens is 2. The molecule has 2 heterocycles. The number of ketones is 1. The van der Waals surface area contributed by atoms with Crippen LogP contribution in [-0.4, -0.2) is 87.4 Å². The fourth-order valence-electron chi connectivity index (χ4n) is 15.2. The van der Waals surface area contributed by atoms with E-state index >= 15 is 0 Å². The van der Waals surface area contributed by atoms with Crippen LogP contribution < -0.4 is 16.0 Å². The lowest BCUT2D eigenvalue weighted by atomic mass is 9.33. The number of rotatable bonds is 9. The molecule has 8 rings (SSSR count). The largest absolute Gasteiger partial charge is 0.481 e. The quantitative estimate of drug-likeness (QED) is 0.179. The van der Waals surface area contributed by atoms with Gasteiger partial charge in [0.2, 0.25) is 5.91 Å². The summed E-state index contributed by atoms with van der Waals surface area (Å²) >= 11 is 0. The summed E-state index contributed by atoms with van der Waals surface area (Å²) in [6, 6.07) is 0.457. The minimum absolute atomic E-state index is 0.0197. The maximum Gasteiger partial charge on any atom is 0.435 e. The van der Waals surface area contributed by atoms with Gasteiger partial charge in [0, 0.05) is 31.0 Å². The van der Waals surface area contributed by atoms with Gasteiger partial charge in [0.25, 0.3) is 5.91 Å². The van der Waals surface area contributed by atoms with Crippen molar-refractivity contribution in [3.8, 4) is 0 Å². The molecule has 0 aromatic carbocycles. The summed E-state index contributed by atoms with van der Waals surface area (Å²) in [4.78, 5) is 81.0. The SMILES string of the molecule is CCOC(=O)n1nc(C(F)(F)F)cc1C(=O)NC1(C(=O)N[C@@]23CC[C@]4(C)[C@H](CC[C@@H]5[C@@]6(C)CC[C@H](OC(=O)[C@H]7C[C@@H](C(=O)O)C7(C)C)C(C)(C)[C@@H]6CC[C@]54C)C2=C(C(C)C)C(=O)C3)CNC1. The highest BCUT2D eigenvalue weighted by atomic mass is 19.4. The molecular weight excluding hydrogens is 860 g/mol. The van der Waals surface area contributed by atoms with Gasteiger partial charge in [0.15, 0.2) is 11.5 Å². The second-order valence-electron chi connectivity index (χ2n) is 23.2. The Morgan fingerprint density at radius 2 is 1.58 bits per heavy atom. The van der Waals surface area contributed by atoms with Gasteiger partial charge < -0.3 is 30.5 Å². The number of hydrogen-bond donors (Lipinski definition) is 4. The summed E-state index contributed by atoms with van der Waals surface area (Å²) in [6.07, 6.45) is 0.185. The molecule has 0 spiro atoms. The molecule has 6 aliphatic carbocycles. The van der Waals surface area contributed by atoms with Crippen molar-refractivity contribution in [1.29, 1.82) is 0 Å². The van der Waals surface area contributed by atoms with Crippen LogP contribution in [0, 0.1) is 62.6 Å². The molecule has 1 aromatic heterocycles. The number of fused-ring (bicyclic) bond motifs is 7. The Morgan fingerprint density at radius 1 is 0.894 bits per heavy atom. The van der Waals surface area contributed by atoms with Gasteiger partial charge in [-0.2, -0.15) is 23.0 Å². The Balaban J connectivity index is 1.05. The van der Waals surface area contributed by atoms with Crippen LogP contribution >= 0.6 is 0 Å². The number of carboxylic acids is 1. The van der Waals surface area contributed by atoms with Crippen molar-refractivity contribution in [2.24, 2.45) is 62.6 Å². The van der Waals surface area contributed by atoms with Crippen molar-refractivity contribution in [2.45, 2.75) is 157 Å². The zero-order valence-corrected chi connectivity index (χ0v) is 40.1. The van der Waals surface area contributed by atoms with E-state index in [9.17, 15) is 47.0 Å². The fraction of sp³-hybridized carbons (Fsp3) is 0.776. The first kappa shape index (κ1) is 48.2. The Labute approximate surface area is 384 Å². The molecule has 364 valence electrons. The summed E-state index contributed by atoms with van der Waals surface area (Å²) in [5.41, 5.74) is -4.61. The van der Waals surface area contributed by atoms with Crippen LogP contribution in [0.15, 0.2) is 17.2 Å². The van der Waals surface area contributed by atoms with E-state index in [0.29, 0.717) is 24.8 Å². The molecule has 0 radical (unpaired) electrons. The van der Waals surface area contributed by atoms with E-state index in [1.54, 1.807) is 0 Å². The molecular formula is C49H68F3N5O9. The summed E-state index contributed by atoms with van der Waals surface area (Å²) < 4.78 is 52.8. The molecule has 5 saturated carbocycles. The van der Waals surface area contributed by atoms with Gasteiger partial charge in [-0.15, -0.1) is 0 Å². The number of nitrogens with zero attached hydrogens (tertiary/aromatic N) is 2. The number of alkyl halides is 3. The zero-order valence-electron chi connectivity index (χ0n) is 40.1.